The quantitative estimate of drug-likeness (QED) is 0.308. The van der Waals surface area contributed by atoms with Crippen molar-refractivity contribution in [2.75, 3.05) is 0 Å². The fraction of sp³-hybridized carbons (Fsp3) is 0. The predicted molar refractivity (Wildman–Crippen MR) is 76.1 cm³/mol. The van der Waals surface area contributed by atoms with Crippen LogP contribution in [0.4, 0.5) is 0 Å². The minimum Gasteiger partial charge on any atom is -0.487 e. The fourth-order valence-electron chi connectivity index (χ4n) is 0.796. The normalized spacial score (nSPS) is 8.53. The molecule has 0 aromatic heterocycles. The van der Waals surface area contributed by atoms with E-state index in [1.165, 1.54) is 0 Å². The first-order valence-corrected chi connectivity index (χ1v) is 5.35. The summed E-state index contributed by atoms with van der Waals surface area (Å²) in [6.45, 7) is 0. The Morgan fingerprint density at radius 2 is 1.65 bits per heavy atom. The van der Waals surface area contributed by atoms with Gasteiger partial charge in [-0.2, -0.15) is 0 Å². The van der Waals surface area contributed by atoms with Crippen molar-refractivity contribution in [3.63, 3.8) is 0 Å². The number of aliphatic hydroxyl groups is 2. The summed E-state index contributed by atoms with van der Waals surface area (Å²) >= 11 is 13.9. The van der Waals surface area contributed by atoms with Crippen molar-refractivity contribution >= 4 is 52.2 Å². The summed E-state index contributed by atoms with van der Waals surface area (Å²) in [5, 5.41) is 25.7. The number of rotatable bonds is 1. The van der Waals surface area contributed by atoms with Gasteiger partial charge in [0.15, 0.2) is 0 Å². The smallest absolute Gasteiger partial charge is 0.259 e. The number of thiocarbonyl (C=S) groups is 2. The molecule has 0 aliphatic heterocycles. The Morgan fingerprint density at radius 3 is 2.00 bits per heavy atom. The van der Waals surface area contributed by atoms with Crippen molar-refractivity contribution in [2.45, 2.75) is 0 Å². The molecule has 0 heterocycles. The van der Waals surface area contributed by atoms with Crippen molar-refractivity contribution in [3.05, 3.63) is 34.9 Å². The van der Waals surface area contributed by atoms with E-state index in [1.807, 2.05) is 0 Å². The molecule has 0 aliphatic carbocycles. The van der Waals surface area contributed by atoms with Crippen LogP contribution in [0.15, 0.2) is 24.3 Å². The summed E-state index contributed by atoms with van der Waals surface area (Å²) < 4.78 is 0. The molecule has 8 heteroatoms. The van der Waals surface area contributed by atoms with Gasteiger partial charge in [-0.15, -0.1) is 0 Å². The van der Waals surface area contributed by atoms with Crippen LogP contribution in [0.3, 0.4) is 0 Å². The van der Waals surface area contributed by atoms with E-state index >= 15 is 0 Å². The molecule has 17 heavy (non-hydrogen) atoms. The van der Waals surface area contributed by atoms with Gasteiger partial charge in [0, 0.05) is 10.6 Å². The fourth-order valence-corrected chi connectivity index (χ4v) is 1.02. The molecule has 0 saturated carbocycles. The Bertz CT molecular complexity index is 419. The molecule has 0 spiro atoms. The van der Waals surface area contributed by atoms with Crippen molar-refractivity contribution in [3.8, 4) is 0 Å². The van der Waals surface area contributed by atoms with Gasteiger partial charge in [0.2, 0.25) is 0 Å². The first kappa shape index (κ1) is 15.6. The number of hydrogen-bond acceptors (Lipinski definition) is 3. The Kier molecular flexibility index (Phi) is 7.11. The van der Waals surface area contributed by atoms with Gasteiger partial charge in [0.1, 0.15) is 5.84 Å². The van der Waals surface area contributed by atoms with Crippen molar-refractivity contribution in [1.29, 1.82) is 5.41 Å². The third kappa shape index (κ3) is 8.38. The van der Waals surface area contributed by atoms with E-state index in [2.05, 4.69) is 35.5 Å². The Morgan fingerprint density at radius 1 is 1.24 bits per heavy atom. The van der Waals surface area contributed by atoms with E-state index in [1.54, 1.807) is 24.3 Å². The van der Waals surface area contributed by atoms with Crippen LogP contribution >= 0.6 is 36.0 Å². The second-order valence-electron chi connectivity index (χ2n) is 2.65. The number of nitrogens with one attached hydrogen (secondary N) is 2. The summed E-state index contributed by atoms with van der Waals surface area (Å²) in [5.74, 6) is 0.0455. The molecule has 1 aromatic rings. The average Bonchev–Trinajstić information content (AvgIpc) is 2.16. The van der Waals surface area contributed by atoms with E-state index in [0.717, 1.165) is 0 Å². The minimum absolute atomic E-state index is 0.0455. The summed E-state index contributed by atoms with van der Waals surface area (Å²) in [5.41, 5.74) is 5.01. The van der Waals surface area contributed by atoms with E-state index in [4.69, 9.17) is 27.2 Å². The number of nitrogens with two attached hydrogens (primary N) is 1. The molecule has 0 aliphatic rings. The van der Waals surface area contributed by atoms with Gasteiger partial charge in [0.05, 0.1) is 0 Å². The number of halogens is 1. The molecular weight excluding hydrogens is 282 g/mol. The van der Waals surface area contributed by atoms with Gasteiger partial charge in [-0.05, 0) is 48.7 Å². The van der Waals surface area contributed by atoms with Gasteiger partial charge in [0.25, 0.3) is 10.3 Å². The lowest BCUT2D eigenvalue weighted by atomic mass is 10.2. The highest BCUT2D eigenvalue weighted by Crippen LogP contribution is 2.08. The Labute approximate surface area is 114 Å². The van der Waals surface area contributed by atoms with E-state index in [0.29, 0.717) is 10.6 Å². The number of aliphatic hydroxyl groups excluding tert-OH is 2. The first-order chi connectivity index (χ1) is 7.82. The van der Waals surface area contributed by atoms with E-state index in [-0.39, 0.29) is 5.84 Å². The Balaban J connectivity index is 0.000000557. The molecule has 0 radical (unpaired) electrons. The summed E-state index contributed by atoms with van der Waals surface area (Å²) in [6, 6.07) is 6.65. The van der Waals surface area contributed by atoms with Crippen LogP contribution in [-0.2, 0) is 0 Å². The molecule has 1 rings (SSSR count). The average molecular weight is 292 g/mol. The third-order valence-corrected chi connectivity index (χ3v) is 1.72. The topological polar surface area (TPSA) is 102 Å². The largest absolute Gasteiger partial charge is 0.487 e. The Hall–Kier alpha value is -1.44. The molecule has 92 valence electrons. The molecule has 0 bridgehead atoms. The molecule has 1 aromatic carbocycles. The molecule has 0 unspecified atom stereocenters. The molecule has 0 saturated heterocycles. The number of benzene rings is 1. The van der Waals surface area contributed by atoms with Crippen molar-refractivity contribution < 1.29 is 10.2 Å². The molecule has 0 amide bonds. The SMILES string of the molecule is N=C(NC(O)=S)c1ccc(Cl)cc1.NC(O)=S. The van der Waals surface area contributed by atoms with Crippen LogP contribution in [-0.4, -0.2) is 26.4 Å². The summed E-state index contributed by atoms with van der Waals surface area (Å²) in [6.07, 6.45) is 0. The van der Waals surface area contributed by atoms with Gasteiger partial charge in [-0.3, -0.25) is 5.41 Å². The summed E-state index contributed by atoms with van der Waals surface area (Å²) in [4.78, 5) is 0. The van der Waals surface area contributed by atoms with E-state index in [9.17, 15) is 0 Å². The highest BCUT2D eigenvalue weighted by atomic mass is 35.5. The summed E-state index contributed by atoms with van der Waals surface area (Å²) in [7, 11) is 0. The second-order valence-corrected chi connectivity index (χ2v) is 3.89. The van der Waals surface area contributed by atoms with Crippen LogP contribution < -0.4 is 11.1 Å². The van der Waals surface area contributed by atoms with Gasteiger partial charge in [-0.25, -0.2) is 0 Å². The zero-order valence-corrected chi connectivity index (χ0v) is 10.9. The van der Waals surface area contributed by atoms with Gasteiger partial charge >= 0.3 is 0 Å². The zero-order valence-electron chi connectivity index (χ0n) is 8.48. The second kappa shape index (κ2) is 7.77. The maximum Gasteiger partial charge on any atom is 0.259 e. The lowest BCUT2D eigenvalue weighted by molar-refractivity contribution is 0.550. The lowest BCUT2D eigenvalue weighted by Gasteiger charge is -2.04. The molecule has 0 atom stereocenters. The molecule has 6 N–H and O–H groups in total. The van der Waals surface area contributed by atoms with Crippen LogP contribution in [0.1, 0.15) is 5.56 Å². The van der Waals surface area contributed by atoms with Crippen LogP contribution in [0.5, 0.6) is 0 Å². The number of hydrogen-bond donors (Lipinski definition) is 5. The first-order valence-electron chi connectivity index (χ1n) is 4.15. The van der Waals surface area contributed by atoms with Crippen molar-refractivity contribution in [1.82, 2.24) is 5.32 Å². The zero-order chi connectivity index (χ0) is 13.4. The molecule has 0 fully saturated rings. The van der Waals surface area contributed by atoms with Crippen LogP contribution in [0, 0.1) is 5.41 Å². The highest BCUT2D eigenvalue weighted by molar-refractivity contribution is 7.80. The maximum atomic E-state index is 8.69. The van der Waals surface area contributed by atoms with Crippen molar-refractivity contribution in [2.24, 2.45) is 5.73 Å². The molecule has 5 nitrogen and oxygen atoms in total. The van der Waals surface area contributed by atoms with Crippen LogP contribution in [0.25, 0.3) is 0 Å². The highest BCUT2D eigenvalue weighted by Gasteiger charge is 2.01. The van der Waals surface area contributed by atoms with Gasteiger partial charge < -0.3 is 21.3 Å². The third-order valence-electron chi connectivity index (χ3n) is 1.36. The minimum atomic E-state index is -0.500. The van der Waals surface area contributed by atoms with Crippen LogP contribution in [0.2, 0.25) is 5.02 Å². The maximum absolute atomic E-state index is 8.69. The predicted octanol–water partition coefficient (Wildman–Crippen LogP) is 1.89. The standard InChI is InChI=1S/C8H7ClN2OS.CH3NOS/c9-6-3-1-5(2-4-6)7(10)11-8(12)13;2-1(3)4/h1-4H,(H3,10,11,12,13);(H3,2,3,4). The van der Waals surface area contributed by atoms with E-state index < -0.39 is 10.3 Å². The molecular formula is C9H10ClN3O2S2. The lowest BCUT2D eigenvalue weighted by Crippen LogP contribution is -2.28. The monoisotopic (exact) mass is 291 g/mol. The number of amidine groups is 1. The van der Waals surface area contributed by atoms with Gasteiger partial charge in [-0.1, -0.05) is 11.6 Å².